The molecule has 110 valence electrons. The van der Waals surface area contributed by atoms with Gasteiger partial charge in [0, 0.05) is 18.3 Å². The van der Waals surface area contributed by atoms with Gasteiger partial charge in [0.25, 0.3) is 5.56 Å². The van der Waals surface area contributed by atoms with Crippen LogP contribution in [0.2, 0.25) is 5.02 Å². The van der Waals surface area contributed by atoms with Gasteiger partial charge in [0.1, 0.15) is 5.69 Å². The number of hydrogen-bond donors (Lipinski definition) is 2. The summed E-state index contributed by atoms with van der Waals surface area (Å²) in [4.78, 5) is 23.7. The fourth-order valence-corrected chi connectivity index (χ4v) is 2.01. The molecule has 2 amide bonds. The summed E-state index contributed by atoms with van der Waals surface area (Å²) in [5, 5.41) is 5.96. The lowest BCUT2D eigenvalue weighted by atomic mass is 10.1. The van der Waals surface area contributed by atoms with Crippen molar-refractivity contribution in [2.75, 3.05) is 5.32 Å². The second-order valence-electron chi connectivity index (χ2n) is 4.71. The second kappa shape index (κ2) is 6.45. The lowest BCUT2D eigenvalue weighted by molar-refractivity contribution is 0.249. The maximum atomic E-state index is 11.9. The first-order chi connectivity index (χ1) is 9.97. The predicted octanol–water partition coefficient (Wildman–Crippen LogP) is 2.92. The molecule has 0 aliphatic rings. The van der Waals surface area contributed by atoms with Gasteiger partial charge in [0.05, 0.1) is 6.04 Å². The third kappa shape index (κ3) is 3.86. The number of urea groups is 1. The maximum Gasteiger partial charge on any atom is 0.319 e. The average Bonchev–Trinajstić information content (AvgIpc) is 2.44. The van der Waals surface area contributed by atoms with Crippen LogP contribution in [-0.4, -0.2) is 10.6 Å². The van der Waals surface area contributed by atoms with Crippen molar-refractivity contribution in [3.05, 3.63) is 63.5 Å². The Kier molecular flexibility index (Phi) is 4.65. The SMILES string of the molecule is CC(NC(=O)Nc1cccn(C)c1=O)c1ccc(Cl)cc1. The van der Waals surface area contributed by atoms with Crippen LogP contribution >= 0.6 is 11.6 Å². The molecule has 1 heterocycles. The van der Waals surface area contributed by atoms with Crippen LogP contribution in [0.25, 0.3) is 0 Å². The predicted molar refractivity (Wildman–Crippen MR) is 83.7 cm³/mol. The van der Waals surface area contributed by atoms with Crippen molar-refractivity contribution in [2.45, 2.75) is 13.0 Å². The van der Waals surface area contributed by atoms with E-state index in [1.165, 1.54) is 4.57 Å². The molecule has 0 aliphatic heterocycles. The number of benzene rings is 1. The minimum absolute atomic E-state index is 0.199. The van der Waals surface area contributed by atoms with Crippen LogP contribution in [-0.2, 0) is 7.05 Å². The van der Waals surface area contributed by atoms with Crippen molar-refractivity contribution in [1.82, 2.24) is 9.88 Å². The first kappa shape index (κ1) is 15.1. The van der Waals surface area contributed by atoms with Gasteiger partial charge in [0.15, 0.2) is 0 Å². The topological polar surface area (TPSA) is 63.1 Å². The summed E-state index contributed by atoms with van der Waals surface area (Å²) in [5.74, 6) is 0. The Morgan fingerprint density at radius 3 is 2.57 bits per heavy atom. The van der Waals surface area contributed by atoms with Gasteiger partial charge >= 0.3 is 6.03 Å². The lowest BCUT2D eigenvalue weighted by Gasteiger charge is -2.15. The number of amides is 2. The van der Waals surface area contributed by atoms with Crippen LogP contribution in [0.4, 0.5) is 10.5 Å². The molecule has 1 atom stereocenters. The molecule has 0 aliphatic carbocycles. The third-order valence-electron chi connectivity index (χ3n) is 3.09. The zero-order chi connectivity index (χ0) is 15.4. The van der Waals surface area contributed by atoms with Gasteiger partial charge in [-0.1, -0.05) is 23.7 Å². The van der Waals surface area contributed by atoms with Crippen LogP contribution in [0.15, 0.2) is 47.4 Å². The zero-order valence-corrected chi connectivity index (χ0v) is 12.5. The van der Waals surface area contributed by atoms with Crippen molar-refractivity contribution >= 4 is 23.3 Å². The normalized spacial score (nSPS) is 11.8. The number of aryl methyl sites for hydroxylation is 1. The standard InChI is InChI=1S/C15H16ClN3O2/c1-10(11-5-7-12(16)8-6-11)17-15(21)18-13-4-3-9-19(2)14(13)20/h3-10H,1-2H3,(H2,17,18,21). The van der Waals surface area contributed by atoms with Crippen molar-refractivity contribution in [1.29, 1.82) is 0 Å². The van der Waals surface area contributed by atoms with Crippen LogP contribution in [0.3, 0.4) is 0 Å². The number of nitrogens with zero attached hydrogens (tertiary/aromatic N) is 1. The van der Waals surface area contributed by atoms with Gasteiger partial charge < -0.3 is 15.2 Å². The third-order valence-corrected chi connectivity index (χ3v) is 3.34. The number of hydrogen-bond acceptors (Lipinski definition) is 2. The smallest absolute Gasteiger partial charge is 0.319 e. The quantitative estimate of drug-likeness (QED) is 0.916. The number of anilines is 1. The number of aromatic nitrogens is 1. The Hall–Kier alpha value is -2.27. The van der Waals surface area contributed by atoms with E-state index in [9.17, 15) is 9.59 Å². The molecule has 2 N–H and O–H groups in total. The number of carbonyl (C=O) groups excluding carboxylic acids is 1. The van der Waals surface area contributed by atoms with Gasteiger partial charge in [-0.15, -0.1) is 0 Å². The van der Waals surface area contributed by atoms with Gasteiger partial charge in [-0.25, -0.2) is 4.79 Å². The molecule has 21 heavy (non-hydrogen) atoms. The van der Waals surface area contributed by atoms with E-state index in [1.54, 1.807) is 37.5 Å². The van der Waals surface area contributed by atoms with E-state index in [4.69, 9.17) is 11.6 Å². The molecule has 2 aromatic rings. The highest BCUT2D eigenvalue weighted by Gasteiger charge is 2.11. The number of carbonyl (C=O) groups is 1. The Balaban J connectivity index is 2.03. The second-order valence-corrected chi connectivity index (χ2v) is 5.15. The molecule has 1 aromatic carbocycles. The summed E-state index contributed by atoms with van der Waals surface area (Å²) < 4.78 is 1.40. The van der Waals surface area contributed by atoms with Crippen LogP contribution in [0, 0.1) is 0 Å². The largest absolute Gasteiger partial charge is 0.331 e. The highest BCUT2D eigenvalue weighted by atomic mass is 35.5. The molecular formula is C15H16ClN3O2. The summed E-state index contributed by atoms with van der Waals surface area (Å²) in [5.41, 5.74) is 0.906. The molecule has 0 radical (unpaired) electrons. The molecule has 0 fully saturated rings. The minimum atomic E-state index is -0.430. The van der Waals surface area contributed by atoms with Crippen LogP contribution in [0.5, 0.6) is 0 Å². The fraction of sp³-hybridized carbons (Fsp3) is 0.200. The zero-order valence-electron chi connectivity index (χ0n) is 11.8. The van der Waals surface area contributed by atoms with Crippen molar-refractivity contribution < 1.29 is 4.79 Å². The number of nitrogens with one attached hydrogen (secondary N) is 2. The summed E-state index contributed by atoms with van der Waals surface area (Å²) in [6, 6.07) is 9.84. The van der Waals surface area contributed by atoms with E-state index in [0.717, 1.165) is 5.56 Å². The first-order valence-corrected chi connectivity index (χ1v) is 6.84. The van der Waals surface area contributed by atoms with Crippen molar-refractivity contribution in [3.8, 4) is 0 Å². The molecule has 0 spiro atoms. The van der Waals surface area contributed by atoms with Gasteiger partial charge in [0.2, 0.25) is 0 Å². The highest BCUT2D eigenvalue weighted by Crippen LogP contribution is 2.16. The Morgan fingerprint density at radius 2 is 1.90 bits per heavy atom. The fourth-order valence-electron chi connectivity index (χ4n) is 1.88. The van der Waals surface area contributed by atoms with Crippen molar-refractivity contribution in [3.63, 3.8) is 0 Å². The molecule has 1 aromatic heterocycles. The molecule has 0 bridgehead atoms. The van der Waals surface area contributed by atoms with Gasteiger partial charge in [-0.2, -0.15) is 0 Å². The Bertz CT molecular complexity index is 695. The van der Waals surface area contributed by atoms with E-state index in [1.807, 2.05) is 19.1 Å². The molecule has 6 heteroatoms. The molecule has 5 nitrogen and oxygen atoms in total. The average molecular weight is 306 g/mol. The Morgan fingerprint density at radius 1 is 1.24 bits per heavy atom. The molecule has 0 saturated carbocycles. The minimum Gasteiger partial charge on any atom is -0.331 e. The Labute approximate surface area is 127 Å². The summed E-state index contributed by atoms with van der Waals surface area (Å²) in [6.07, 6.45) is 1.63. The van der Waals surface area contributed by atoms with Crippen LogP contribution in [0.1, 0.15) is 18.5 Å². The number of rotatable bonds is 3. The summed E-state index contributed by atoms with van der Waals surface area (Å²) in [6.45, 7) is 1.85. The molecule has 0 saturated heterocycles. The lowest BCUT2D eigenvalue weighted by Crippen LogP contribution is -2.33. The van der Waals surface area contributed by atoms with Gasteiger partial charge in [-0.05, 0) is 36.8 Å². The maximum absolute atomic E-state index is 11.9. The molecule has 1 unspecified atom stereocenters. The van der Waals surface area contributed by atoms with E-state index >= 15 is 0 Å². The highest BCUT2D eigenvalue weighted by molar-refractivity contribution is 6.30. The van der Waals surface area contributed by atoms with E-state index in [-0.39, 0.29) is 17.3 Å². The van der Waals surface area contributed by atoms with Crippen molar-refractivity contribution in [2.24, 2.45) is 7.05 Å². The van der Waals surface area contributed by atoms with E-state index in [2.05, 4.69) is 10.6 Å². The van der Waals surface area contributed by atoms with E-state index < -0.39 is 6.03 Å². The van der Waals surface area contributed by atoms with E-state index in [0.29, 0.717) is 5.02 Å². The first-order valence-electron chi connectivity index (χ1n) is 6.46. The summed E-state index contributed by atoms with van der Waals surface area (Å²) in [7, 11) is 1.63. The number of pyridine rings is 1. The number of halogens is 1. The van der Waals surface area contributed by atoms with Gasteiger partial charge in [-0.3, -0.25) is 4.79 Å². The van der Waals surface area contributed by atoms with Crippen LogP contribution < -0.4 is 16.2 Å². The molecular weight excluding hydrogens is 290 g/mol. The summed E-state index contributed by atoms with van der Waals surface area (Å²) >= 11 is 5.82. The molecule has 2 rings (SSSR count). The monoisotopic (exact) mass is 305 g/mol.